The summed E-state index contributed by atoms with van der Waals surface area (Å²) in [6.07, 6.45) is 5.43. The number of nitrogens with one attached hydrogen (secondary N) is 1. The number of nitrogens with zero attached hydrogens (tertiary/aromatic N) is 4. The van der Waals surface area contributed by atoms with Crippen LogP contribution >= 0.6 is 0 Å². The SMILES string of the molecule is Cc1cc(C(=O)Cc2cccc(C(=O)c3ccc4[nH]c(O)c(C=NC5=NCC=C5)c4c3)c2)n(C)n1. The number of Topliss-reactive ketones (excluding diaryl/α,β-unsaturated/α-hetero) is 1. The molecule has 0 radical (unpaired) electrons. The van der Waals surface area contributed by atoms with Crippen molar-refractivity contribution in [1.82, 2.24) is 14.8 Å². The summed E-state index contributed by atoms with van der Waals surface area (Å²) in [7, 11) is 1.74. The Bertz CT molecular complexity index is 1570. The van der Waals surface area contributed by atoms with Crippen LogP contribution in [0.3, 0.4) is 0 Å². The van der Waals surface area contributed by atoms with Crippen LogP contribution in [0.2, 0.25) is 0 Å². The molecule has 4 aromatic rings. The molecule has 2 N–H and O–H groups in total. The molecule has 8 nitrogen and oxygen atoms in total. The zero-order chi connectivity index (χ0) is 24.5. The van der Waals surface area contributed by atoms with Gasteiger partial charge in [0.2, 0.25) is 0 Å². The number of H-pyrrole nitrogens is 1. The zero-order valence-electron chi connectivity index (χ0n) is 19.3. The van der Waals surface area contributed by atoms with Gasteiger partial charge in [0.15, 0.2) is 17.4 Å². The largest absolute Gasteiger partial charge is 0.494 e. The summed E-state index contributed by atoms with van der Waals surface area (Å²) >= 11 is 0. The third kappa shape index (κ3) is 4.46. The van der Waals surface area contributed by atoms with Gasteiger partial charge in [-0.1, -0.05) is 24.3 Å². The minimum Gasteiger partial charge on any atom is -0.494 e. The number of aromatic hydroxyl groups is 1. The van der Waals surface area contributed by atoms with Crippen molar-refractivity contribution in [2.45, 2.75) is 13.3 Å². The second kappa shape index (κ2) is 8.98. The van der Waals surface area contributed by atoms with Crippen LogP contribution in [-0.4, -0.2) is 50.0 Å². The Balaban J connectivity index is 1.42. The van der Waals surface area contributed by atoms with E-state index in [0.717, 1.165) is 11.3 Å². The fraction of sp³-hybridized carbons (Fsp3) is 0.148. The molecule has 0 aliphatic carbocycles. The third-order valence-electron chi connectivity index (χ3n) is 5.87. The van der Waals surface area contributed by atoms with Gasteiger partial charge < -0.3 is 10.1 Å². The van der Waals surface area contributed by atoms with Crippen LogP contribution in [0.4, 0.5) is 0 Å². The Kier molecular flexibility index (Phi) is 5.70. The van der Waals surface area contributed by atoms with Gasteiger partial charge in [-0.25, -0.2) is 4.99 Å². The maximum absolute atomic E-state index is 13.3. The first-order chi connectivity index (χ1) is 16.9. The lowest BCUT2D eigenvalue weighted by molar-refractivity contribution is 0.0981. The monoisotopic (exact) mass is 465 g/mol. The summed E-state index contributed by atoms with van der Waals surface area (Å²) in [5.74, 6) is 0.317. The topological polar surface area (TPSA) is 113 Å². The summed E-state index contributed by atoms with van der Waals surface area (Å²) in [5.41, 5.74) is 4.19. The lowest BCUT2D eigenvalue weighted by Gasteiger charge is -2.06. The molecule has 0 spiro atoms. The van der Waals surface area contributed by atoms with Gasteiger partial charge in [0.25, 0.3) is 0 Å². The van der Waals surface area contributed by atoms with E-state index in [0.29, 0.717) is 45.7 Å². The smallest absolute Gasteiger partial charge is 0.198 e. The predicted molar refractivity (Wildman–Crippen MR) is 135 cm³/mol. The second-order valence-corrected chi connectivity index (χ2v) is 8.43. The van der Waals surface area contributed by atoms with Crippen LogP contribution in [0, 0.1) is 6.92 Å². The molecule has 0 saturated carbocycles. The predicted octanol–water partition coefficient (Wildman–Crippen LogP) is 3.96. The van der Waals surface area contributed by atoms with Crippen molar-refractivity contribution in [2.75, 3.05) is 6.54 Å². The highest BCUT2D eigenvalue weighted by Gasteiger charge is 2.17. The highest BCUT2D eigenvalue weighted by molar-refractivity contribution is 6.13. The summed E-state index contributed by atoms with van der Waals surface area (Å²) in [6.45, 7) is 2.44. The standard InChI is InChI=1S/C27H23N5O3/c1-16-11-23(32(2)31-16)24(33)13-17-5-3-6-18(12-17)26(34)19-8-9-22-20(14-19)21(27(35)30-22)15-29-25-7-4-10-28-25/h3-9,11-12,14-15,30,35H,10,13H2,1-2H3. The Morgan fingerprint density at radius 3 is 2.74 bits per heavy atom. The van der Waals surface area contributed by atoms with Crippen molar-refractivity contribution in [3.8, 4) is 5.88 Å². The van der Waals surface area contributed by atoms with Crippen molar-refractivity contribution in [3.63, 3.8) is 0 Å². The molecular weight excluding hydrogens is 442 g/mol. The molecule has 1 aliphatic heterocycles. The number of aryl methyl sites for hydroxylation is 2. The number of hydrogen-bond donors (Lipinski definition) is 2. The molecule has 0 unspecified atom stereocenters. The maximum atomic E-state index is 13.3. The molecule has 0 fully saturated rings. The molecule has 0 atom stereocenters. The van der Waals surface area contributed by atoms with E-state index in [-0.39, 0.29) is 23.9 Å². The Hall–Kier alpha value is -4.59. The van der Waals surface area contributed by atoms with Gasteiger partial charge in [0, 0.05) is 41.7 Å². The number of rotatable bonds is 6. The highest BCUT2D eigenvalue weighted by atomic mass is 16.3. The van der Waals surface area contributed by atoms with Gasteiger partial charge in [0.05, 0.1) is 17.8 Å². The van der Waals surface area contributed by atoms with Crippen LogP contribution in [0.5, 0.6) is 5.88 Å². The van der Waals surface area contributed by atoms with Crippen LogP contribution in [0.25, 0.3) is 10.9 Å². The van der Waals surface area contributed by atoms with Crippen molar-refractivity contribution >= 4 is 34.5 Å². The van der Waals surface area contributed by atoms with Crippen LogP contribution in [0.1, 0.15) is 43.2 Å². The highest BCUT2D eigenvalue weighted by Crippen LogP contribution is 2.27. The van der Waals surface area contributed by atoms with E-state index in [9.17, 15) is 14.7 Å². The molecule has 1 aliphatic rings. The number of aliphatic imine (C=N–C) groups is 2. The van der Waals surface area contributed by atoms with Crippen molar-refractivity contribution in [1.29, 1.82) is 0 Å². The van der Waals surface area contributed by atoms with Crippen molar-refractivity contribution in [2.24, 2.45) is 17.0 Å². The van der Waals surface area contributed by atoms with Gasteiger partial charge in [0.1, 0.15) is 11.5 Å². The molecule has 2 aromatic heterocycles. The second-order valence-electron chi connectivity index (χ2n) is 8.43. The van der Waals surface area contributed by atoms with E-state index >= 15 is 0 Å². The molecule has 0 bridgehead atoms. The summed E-state index contributed by atoms with van der Waals surface area (Å²) in [6, 6.07) is 14.0. The van der Waals surface area contributed by atoms with E-state index in [1.54, 1.807) is 60.4 Å². The van der Waals surface area contributed by atoms with Crippen molar-refractivity contribution in [3.05, 3.63) is 94.3 Å². The number of amidine groups is 1. The van der Waals surface area contributed by atoms with Crippen molar-refractivity contribution < 1.29 is 14.7 Å². The molecule has 8 heteroatoms. The summed E-state index contributed by atoms with van der Waals surface area (Å²) in [4.78, 5) is 37.5. The van der Waals surface area contributed by atoms with Gasteiger partial charge in [-0.3, -0.25) is 19.3 Å². The Labute approximate surface area is 201 Å². The lowest BCUT2D eigenvalue weighted by Crippen LogP contribution is -2.10. The molecule has 174 valence electrons. The number of aromatic nitrogens is 3. The number of fused-ring (bicyclic) bond motifs is 1. The molecule has 5 rings (SSSR count). The van der Waals surface area contributed by atoms with Crippen LogP contribution < -0.4 is 0 Å². The third-order valence-corrected chi connectivity index (χ3v) is 5.87. The van der Waals surface area contributed by atoms with Gasteiger partial charge in [-0.05, 0) is 48.9 Å². The fourth-order valence-electron chi connectivity index (χ4n) is 4.18. The average Bonchev–Trinajstić information content (AvgIpc) is 3.55. The quantitative estimate of drug-likeness (QED) is 0.331. The van der Waals surface area contributed by atoms with E-state index < -0.39 is 0 Å². The number of carbonyl (C=O) groups is 2. The Morgan fingerprint density at radius 1 is 1.17 bits per heavy atom. The number of aromatic amines is 1. The maximum Gasteiger partial charge on any atom is 0.198 e. The fourth-order valence-corrected chi connectivity index (χ4v) is 4.18. The van der Waals surface area contributed by atoms with Gasteiger partial charge in [-0.2, -0.15) is 5.10 Å². The number of hydrogen-bond acceptors (Lipinski definition) is 6. The van der Waals surface area contributed by atoms with Crippen LogP contribution in [0.15, 0.2) is 70.7 Å². The number of ketones is 2. The molecule has 2 aromatic carbocycles. The first-order valence-corrected chi connectivity index (χ1v) is 11.2. The molecule has 35 heavy (non-hydrogen) atoms. The molecule has 0 amide bonds. The molecule has 0 saturated heterocycles. The summed E-state index contributed by atoms with van der Waals surface area (Å²) in [5, 5.41) is 15.3. The minimum absolute atomic E-state index is 0.0261. The zero-order valence-corrected chi connectivity index (χ0v) is 19.3. The lowest BCUT2D eigenvalue weighted by atomic mass is 9.97. The average molecular weight is 466 g/mol. The van der Waals surface area contributed by atoms with E-state index in [2.05, 4.69) is 20.1 Å². The van der Waals surface area contributed by atoms with E-state index in [4.69, 9.17) is 0 Å². The first kappa shape index (κ1) is 22.2. The van der Waals surface area contributed by atoms with Gasteiger partial charge in [-0.15, -0.1) is 0 Å². The minimum atomic E-state index is -0.177. The summed E-state index contributed by atoms with van der Waals surface area (Å²) < 4.78 is 1.57. The molecular formula is C27H23N5O3. The number of carbonyl (C=O) groups excluding carboxylic acids is 2. The van der Waals surface area contributed by atoms with Crippen LogP contribution in [-0.2, 0) is 13.5 Å². The Morgan fingerprint density at radius 2 is 2.00 bits per heavy atom. The van der Waals surface area contributed by atoms with E-state index in [1.807, 2.05) is 25.1 Å². The first-order valence-electron chi connectivity index (χ1n) is 11.2. The van der Waals surface area contributed by atoms with E-state index in [1.165, 1.54) is 0 Å². The number of benzene rings is 2. The van der Waals surface area contributed by atoms with Gasteiger partial charge >= 0.3 is 0 Å². The normalized spacial score (nSPS) is 13.1. The molecule has 3 heterocycles.